The van der Waals surface area contributed by atoms with Crippen molar-refractivity contribution in [2.24, 2.45) is 0 Å². The van der Waals surface area contributed by atoms with Gasteiger partial charge in [-0.15, -0.1) is 22.0 Å². The summed E-state index contributed by atoms with van der Waals surface area (Å²) in [7, 11) is 0. The first-order chi connectivity index (χ1) is 14.3. The number of aliphatic carboxylic acids is 1. The molecule has 2 aromatic carbocycles. The van der Waals surface area contributed by atoms with Crippen LogP contribution in [0.3, 0.4) is 0 Å². The second-order valence-corrected chi connectivity index (χ2v) is 11.4. The summed E-state index contributed by atoms with van der Waals surface area (Å²) in [6, 6.07) is 10.4. The summed E-state index contributed by atoms with van der Waals surface area (Å²) in [4.78, 5) is 11.5. The predicted molar refractivity (Wildman–Crippen MR) is 123 cm³/mol. The number of rotatable bonds is 5. The maximum Gasteiger partial charge on any atom is 0.377 e. The molecule has 0 fully saturated rings. The fourth-order valence-electron chi connectivity index (χ4n) is 3.17. The zero-order chi connectivity index (χ0) is 23.2. The van der Waals surface area contributed by atoms with Crippen molar-refractivity contribution >= 4 is 48.8 Å². The third-order valence-corrected chi connectivity index (χ3v) is 7.92. The molecule has 0 saturated carbocycles. The zero-order valence-electron chi connectivity index (χ0n) is 17.8. The molecule has 0 spiro atoms. The molecule has 164 valence electrons. The first kappa shape index (κ1) is 23.5. The molecule has 2 unspecified atom stereocenters. The minimum Gasteiger partial charge on any atom is -0.598 e. The second kappa shape index (κ2) is 8.06. The Morgan fingerprint density at radius 3 is 2.23 bits per heavy atom. The van der Waals surface area contributed by atoms with Gasteiger partial charge in [0, 0.05) is 37.1 Å². The van der Waals surface area contributed by atoms with Gasteiger partial charge < -0.3 is 9.66 Å². The van der Waals surface area contributed by atoms with Crippen LogP contribution in [0.4, 0.5) is 8.78 Å². The molecule has 2 N–H and O–H groups in total. The Kier molecular flexibility index (Phi) is 6.11. The zero-order valence-corrected chi connectivity index (χ0v) is 19.4. The van der Waals surface area contributed by atoms with Gasteiger partial charge in [0.15, 0.2) is 5.54 Å². The van der Waals surface area contributed by atoms with Crippen LogP contribution in [0.15, 0.2) is 36.4 Å². The lowest BCUT2D eigenvalue weighted by atomic mass is 9.85. The van der Waals surface area contributed by atoms with E-state index in [0.29, 0.717) is 5.39 Å². The van der Waals surface area contributed by atoms with E-state index in [1.807, 2.05) is 18.2 Å². The molecular weight excluding hydrogens is 440 g/mol. The lowest BCUT2D eigenvalue weighted by molar-refractivity contribution is -0.177. The number of carboxylic acid groups (broad SMARTS) is 1. The summed E-state index contributed by atoms with van der Waals surface area (Å²) >= 11 is -0.430. The van der Waals surface area contributed by atoms with Crippen LogP contribution in [-0.2, 0) is 21.7 Å². The number of benzene rings is 2. The van der Waals surface area contributed by atoms with Gasteiger partial charge >= 0.3 is 11.9 Å². The van der Waals surface area contributed by atoms with Gasteiger partial charge in [-0.05, 0) is 70.5 Å². The van der Waals surface area contributed by atoms with E-state index in [1.54, 1.807) is 39.8 Å². The van der Waals surface area contributed by atoms with E-state index in [9.17, 15) is 14.5 Å². The van der Waals surface area contributed by atoms with Gasteiger partial charge in [-0.1, -0.05) is 12.0 Å². The lowest BCUT2D eigenvalue weighted by Gasteiger charge is -2.38. The van der Waals surface area contributed by atoms with Gasteiger partial charge in [0.1, 0.15) is 4.75 Å². The highest BCUT2D eigenvalue weighted by molar-refractivity contribution is 7.90. The molecule has 31 heavy (non-hydrogen) atoms. The molecule has 0 aliphatic carbocycles. The van der Waals surface area contributed by atoms with Gasteiger partial charge in [0.2, 0.25) is 0 Å². The average Bonchev–Trinajstić information content (AvgIpc) is 3.04. The van der Waals surface area contributed by atoms with Crippen LogP contribution in [0.25, 0.3) is 20.2 Å². The van der Waals surface area contributed by atoms with Crippen molar-refractivity contribution < 1.29 is 23.2 Å². The molecule has 3 aromatic rings. The predicted octanol–water partition coefficient (Wildman–Crippen LogP) is 5.41. The number of halogens is 2. The molecular formula is C23H23F2NO3S2. The number of carboxylic acids is 1. The van der Waals surface area contributed by atoms with E-state index < -0.39 is 33.5 Å². The van der Waals surface area contributed by atoms with Crippen molar-refractivity contribution in [1.29, 1.82) is 0 Å². The summed E-state index contributed by atoms with van der Waals surface area (Å²) in [5.74, 6) is -0.681. The highest BCUT2D eigenvalue weighted by Gasteiger charge is 2.61. The Hall–Kier alpha value is -2.18. The first-order valence-electron chi connectivity index (χ1n) is 9.51. The van der Waals surface area contributed by atoms with Crippen molar-refractivity contribution in [3.05, 3.63) is 47.5 Å². The fourth-order valence-corrected chi connectivity index (χ4v) is 5.16. The Morgan fingerprint density at radius 2 is 1.68 bits per heavy atom. The molecule has 4 nitrogen and oxygen atoms in total. The van der Waals surface area contributed by atoms with Crippen molar-refractivity contribution in [2.75, 3.05) is 0 Å². The number of alkyl halides is 2. The molecule has 1 aromatic heterocycles. The van der Waals surface area contributed by atoms with Gasteiger partial charge in [-0.3, -0.25) is 0 Å². The Labute approximate surface area is 187 Å². The molecule has 0 aliphatic rings. The standard InChI is InChI=1S/C23H23F2NO3S2/c1-6-7-14-8-10-18-16(12-14)17-13-15(9-11-19(17)30-18)22(5,23(24,25)20(27)28)26-31(29)21(2,3)4/h8-13,26H,1-5H3,(H,27,28). The molecule has 8 heteroatoms. The monoisotopic (exact) mass is 463 g/mol. The number of thiophene rings is 1. The summed E-state index contributed by atoms with van der Waals surface area (Å²) in [5, 5.41) is 10.9. The molecule has 1 heterocycles. The first-order valence-corrected chi connectivity index (χ1v) is 11.5. The number of carbonyl (C=O) groups is 1. The maximum atomic E-state index is 15.0. The molecule has 0 amide bonds. The van der Waals surface area contributed by atoms with Crippen LogP contribution in [-0.4, -0.2) is 26.3 Å². The molecule has 0 radical (unpaired) electrons. The van der Waals surface area contributed by atoms with E-state index in [2.05, 4.69) is 16.6 Å². The highest BCUT2D eigenvalue weighted by Crippen LogP contribution is 2.43. The van der Waals surface area contributed by atoms with Gasteiger partial charge in [-0.2, -0.15) is 8.78 Å². The minimum atomic E-state index is -4.22. The SMILES string of the molecule is CC#Cc1ccc2sc3ccc(C(C)(N[S+]([O-])C(C)(C)C)C(F)(F)C(=O)O)cc3c2c1. The van der Waals surface area contributed by atoms with E-state index in [1.165, 1.54) is 17.4 Å². The smallest absolute Gasteiger partial charge is 0.377 e. The van der Waals surface area contributed by atoms with Crippen molar-refractivity contribution in [1.82, 2.24) is 4.72 Å². The quantitative estimate of drug-likeness (QED) is 0.392. The Bertz CT molecular complexity index is 1220. The van der Waals surface area contributed by atoms with Crippen LogP contribution in [0.5, 0.6) is 0 Å². The molecule has 0 saturated heterocycles. The largest absolute Gasteiger partial charge is 0.598 e. The third kappa shape index (κ3) is 4.15. The summed E-state index contributed by atoms with van der Waals surface area (Å²) in [6.07, 6.45) is 0. The Morgan fingerprint density at radius 1 is 1.10 bits per heavy atom. The maximum absolute atomic E-state index is 15.0. The lowest BCUT2D eigenvalue weighted by Crippen LogP contribution is -2.61. The van der Waals surface area contributed by atoms with Gasteiger partial charge in [0.25, 0.3) is 0 Å². The van der Waals surface area contributed by atoms with Crippen molar-refractivity contribution in [3.63, 3.8) is 0 Å². The van der Waals surface area contributed by atoms with E-state index in [4.69, 9.17) is 0 Å². The molecule has 0 aliphatic heterocycles. The summed E-state index contributed by atoms with van der Waals surface area (Å²) in [5.41, 5.74) is -1.57. The number of fused-ring (bicyclic) bond motifs is 3. The van der Waals surface area contributed by atoms with Crippen molar-refractivity contribution in [2.45, 2.75) is 50.8 Å². The molecule has 3 rings (SSSR count). The molecule has 0 bridgehead atoms. The van der Waals surface area contributed by atoms with Crippen molar-refractivity contribution in [3.8, 4) is 11.8 Å². The summed E-state index contributed by atoms with van der Waals surface area (Å²) in [6.45, 7) is 7.69. The fraction of sp³-hybridized carbons (Fsp3) is 0.348. The number of hydrogen-bond donors (Lipinski definition) is 2. The molecule has 2 atom stereocenters. The third-order valence-electron chi connectivity index (χ3n) is 5.07. The van der Waals surface area contributed by atoms with Crippen LogP contribution >= 0.6 is 11.3 Å². The number of hydrogen-bond acceptors (Lipinski definition) is 4. The topological polar surface area (TPSA) is 72.4 Å². The summed E-state index contributed by atoms with van der Waals surface area (Å²) < 4.78 is 46.2. The van der Waals surface area contributed by atoms with Crippen LogP contribution in [0, 0.1) is 11.8 Å². The minimum absolute atomic E-state index is 0.0386. The normalized spacial score (nSPS) is 15.4. The van der Waals surface area contributed by atoms with E-state index in [0.717, 1.165) is 27.3 Å². The number of nitrogens with one attached hydrogen (secondary N) is 1. The highest BCUT2D eigenvalue weighted by atomic mass is 32.2. The second-order valence-electron chi connectivity index (χ2n) is 8.39. The van der Waals surface area contributed by atoms with E-state index in [-0.39, 0.29) is 5.56 Å². The Balaban J connectivity index is 2.25. The van der Waals surface area contributed by atoms with E-state index >= 15 is 8.78 Å². The van der Waals surface area contributed by atoms with Gasteiger partial charge in [0.05, 0.1) is 0 Å². The van der Waals surface area contributed by atoms with Gasteiger partial charge in [-0.25, -0.2) is 4.79 Å². The average molecular weight is 464 g/mol. The van der Waals surface area contributed by atoms with Crippen LogP contribution in [0.2, 0.25) is 0 Å². The van der Waals surface area contributed by atoms with Crippen LogP contribution < -0.4 is 4.72 Å². The van der Waals surface area contributed by atoms with Crippen LogP contribution in [0.1, 0.15) is 45.7 Å².